The number of aromatic carboxylic acids is 1. The second kappa shape index (κ2) is 5.83. The summed E-state index contributed by atoms with van der Waals surface area (Å²) in [7, 11) is 0. The Morgan fingerprint density at radius 3 is 2.06 bits per heavy atom. The highest BCUT2D eigenvalue weighted by Crippen LogP contribution is 2.15. The van der Waals surface area contributed by atoms with Crippen molar-refractivity contribution in [2.24, 2.45) is 0 Å². The van der Waals surface area contributed by atoms with Gasteiger partial charge in [0.25, 0.3) is 0 Å². The standard InChI is InChI=1S/C11H7ClO6/c12-9(13)5-8(11(16)17)18-7-3-1-6(2-4-7)10(14)15/h1-5H,(H,14,15)(H,16,17)/b8-5+. The van der Waals surface area contributed by atoms with Gasteiger partial charge in [0, 0.05) is 6.08 Å². The number of aliphatic carboxylic acids is 1. The molecule has 0 spiro atoms. The van der Waals surface area contributed by atoms with E-state index in [1.165, 1.54) is 24.3 Å². The van der Waals surface area contributed by atoms with Crippen LogP contribution in [0, 0.1) is 0 Å². The first-order valence-electron chi connectivity index (χ1n) is 4.56. The molecule has 1 aromatic carbocycles. The minimum Gasteiger partial charge on any atom is -0.478 e. The lowest BCUT2D eigenvalue weighted by Crippen LogP contribution is -2.09. The molecule has 6 nitrogen and oxygen atoms in total. The van der Waals surface area contributed by atoms with Gasteiger partial charge in [0.1, 0.15) is 5.75 Å². The molecule has 0 saturated carbocycles. The summed E-state index contributed by atoms with van der Waals surface area (Å²) in [6, 6.07) is 5.00. The zero-order valence-corrected chi connectivity index (χ0v) is 9.55. The first-order valence-corrected chi connectivity index (χ1v) is 4.93. The van der Waals surface area contributed by atoms with Crippen molar-refractivity contribution in [1.29, 1.82) is 0 Å². The molecule has 0 radical (unpaired) electrons. The van der Waals surface area contributed by atoms with E-state index in [2.05, 4.69) is 0 Å². The smallest absolute Gasteiger partial charge is 0.371 e. The third kappa shape index (κ3) is 3.91. The molecule has 7 heteroatoms. The maximum absolute atomic E-state index is 10.7. The molecule has 0 heterocycles. The van der Waals surface area contributed by atoms with Crippen molar-refractivity contribution >= 4 is 28.8 Å². The van der Waals surface area contributed by atoms with Crippen molar-refractivity contribution in [3.05, 3.63) is 41.7 Å². The predicted molar refractivity (Wildman–Crippen MR) is 60.6 cm³/mol. The maximum Gasteiger partial charge on any atom is 0.371 e. The average Bonchev–Trinajstić information content (AvgIpc) is 2.28. The van der Waals surface area contributed by atoms with Gasteiger partial charge >= 0.3 is 11.9 Å². The molecule has 0 aliphatic heterocycles. The highest BCUT2D eigenvalue weighted by molar-refractivity contribution is 6.66. The van der Waals surface area contributed by atoms with Gasteiger partial charge in [-0.1, -0.05) is 0 Å². The molecule has 0 bridgehead atoms. The summed E-state index contributed by atoms with van der Waals surface area (Å²) in [6.07, 6.45) is 0.606. The Balaban J connectivity index is 2.92. The number of rotatable bonds is 5. The quantitative estimate of drug-likeness (QED) is 0.478. The fourth-order valence-electron chi connectivity index (χ4n) is 1.03. The highest BCUT2D eigenvalue weighted by Gasteiger charge is 2.12. The van der Waals surface area contributed by atoms with E-state index >= 15 is 0 Å². The first kappa shape index (κ1) is 13.7. The normalized spacial score (nSPS) is 10.8. The molecule has 0 fully saturated rings. The van der Waals surface area contributed by atoms with Crippen molar-refractivity contribution in [2.45, 2.75) is 0 Å². The number of allylic oxidation sites excluding steroid dienone is 1. The van der Waals surface area contributed by atoms with Crippen LogP contribution in [0.15, 0.2) is 36.1 Å². The van der Waals surface area contributed by atoms with Crippen molar-refractivity contribution in [3.63, 3.8) is 0 Å². The van der Waals surface area contributed by atoms with E-state index in [1.54, 1.807) is 0 Å². The molecule has 0 unspecified atom stereocenters. The molecule has 0 saturated heterocycles. The number of ether oxygens (including phenoxy) is 1. The van der Waals surface area contributed by atoms with Crippen molar-refractivity contribution in [1.82, 2.24) is 0 Å². The maximum atomic E-state index is 10.7. The average molecular weight is 271 g/mol. The van der Waals surface area contributed by atoms with Gasteiger partial charge in [-0.25, -0.2) is 9.59 Å². The second-order valence-corrected chi connectivity index (χ2v) is 3.42. The highest BCUT2D eigenvalue weighted by atomic mass is 35.5. The van der Waals surface area contributed by atoms with Crippen LogP contribution >= 0.6 is 11.6 Å². The molecule has 0 atom stereocenters. The molecule has 18 heavy (non-hydrogen) atoms. The van der Waals surface area contributed by atoms with Crippen molar-refractivity contribution in [2.75, 3.05) is 0 Å². The molecule has 0 amide bonds. The Kier molecular flexibility index (Phi) is 4.45. The van der Waals surface area contributed by atoms with Crippen LogP contribution < -0.4 is 4.74 Å². The lowest BCUT2D eigenvalue weighted by atomic mass is 10.2. The van der Waals surface area contributed by atoms with E-state index in [0.29, 0.717) is 6.08 Å². The molecule has 94 valence electrons. The molecule has 0 aromatic heterocycles. The monoisotopic (exact) mass is 270 g/mol. The number of carboxylic acids is 2. The topological polar surface area (TPSA) is 101 Å². The fourth-order valence-corrected chi connectivity index (χ4v) is 1.13. The van der Waals surface area contributed by atoms with Gasteiger partial charge in [0.2, 0.25) is 11.0 Å². The third-order valence-corrected chi connectivity index (χ3v) is 1.89. The van der Waals surface area contributed by atoms with Crippen LogP contribution in [0.25, 0.3) is 0 Å². The van der Waals surface area contributed by atoms with Gasteiger partial charge in [-0.2, -0.15) is 0 Å². The Morgan fingerprint density at radius 2 is 1.67 bits per heavy atom. The minimum absolute atomic E-state index is 0.0247. The van der Waals surface area contributed by atoms with Crippen LogP contribution in [0.1, 0.15) is 10.4 Å². The van der Waals surface area contributed by atoms with E-state index in [0.717, 1.165) is 0 Å². The Morgan fingerprint density at radius 1 is 1.11 bits per heavy atom. The van der Waals surface area contributed by atoms with E-state index in [9.17, 15) is 14.4 Å². The minimum atomic E-state index is -1.47. The summed E-state index contributed by atoms with van der Waals surface area (Å²) in [5.41, 5.74) is 0.0247. The lowest BCUT2D eigenvalue weighted by Gasteiger charge is -2.05. The van der Waals surface area contributed by atoms with Crippen LogP contribution in [0.5, 0.6) is 5.75 Å². The van der Waals surface area contributed by atoms with Crippen molar-refractivity contribution < 1.29 is 29.3 Å². The number of carbonyl (C=O) groups excluding carboxylic acids is 1. The van der Waals surface area contributed by atoms with Gasteiger partial charge in [-0.15, -0.1) is 0 Å². The number of hydrogen-bond donors (Lipinski definition) is 2. The number of carboxylic acid groups (broad SMARTS) is 2. The molecule has 1 rings (SSSR count). The number of carbonyl (C=O) groups is 3. The van der Waals surface area contributed by atoms with Gasteiger partial charge in [-0.3, -0.25) is 4.79 Å². The predicted octanol–water partition coefficient (Wildman–Crippen LogP) is 1.50. The molecular formula is C11H7ClO6. The number of hydrogen-bond acceptors (Lipinski definition) is 4. The third-order valence-electron chi connectivity index (χ3n) is 1.78. The fraction of sp³-hybridized carbons (Fsp3) is 0. The number of benzene rings is 1. The van der Waals surface area contributed by atoms with Crippen LogP contribution in [-0.4, -0.2) is 27.4 Å². The molecule has 2 N–H and O–H groups in total. The molecule has 0 aliphatic carbocycles. The SMILES string of the molecule is O=C(Cl)/C=C(/Oc1ccc(C(=O)O)cc1)C(=O)O. The van der Waals surface area contributed by atoms with Crippen LogP contribution in [0.3, 0.4) is 0 Å². The van der Waals surface area contributed by atoms with E-state index in [4.69, 9.17) is 26.6 Å². The Labute approximate surface area is 106 Å². The van der Waals surface area contributed by atoms with E-state index < -0.39 is 22.9 Å². The van der Waals surface area contributed by atoms with Gasteiger partial charge in [0.05, 0.1) is 5.56 Å². The summed E-state index contributed by atoms with van der Waals surface area (Å²) in [5, 5.41) is 16.4. The van der Waals surface area contributed by atoms with E-state index in [-0.39, 0.29) is 11.3 Å². The Hall–Kier alpha value is -2.34. The van der Waals surface area contributed by atoms with Crippen molar-refractivity contribution in [3.8, 4) is 5.75 Å². The van der Waals surface area contributed by atoms with Gasteiger partial charge in [0.15, 0.2) is 0 Å². The molecular weight excluding hydrogens is 264 g/mol. The summed E-state index contributed by atoms with van der Waals surface area (Å²) in [5.74, 6) is -3.16. The van der Waals surface area contributed by atoms with Crippen LogP contribution in [0.4, 0.5) is 0 Å². The summed E-state index contributed by atoms with van der Waals surface area (Å²) >= 11 is 5.01. The van der Waals surface area contributed by atoms with Gasteiger partial charge in [-0.05, 0) is 35.9 Å². The van der Waals surface area contributed by atoms with Crippen LogP contribution in [0.2, 0.25) is 0 Å². The van der Waals surface area contributed by atoms with Crippen LogP contribution in [-0.2, 0) is 9.59 Å². The summed E-state index contributed by atoms with van der Waals surface area (Å²) < 4.78 is 4.88. The number of halogens is 1. The molecule has 0 aliphatic rings. The molecule has 1 aromatic rings. The summed E-state index contributed by atoms with van der Waals surface area (Å²) in [6.45, 7) is 0. The largest absolute Gasteiger partial charge is 0.478 e. The zero-order valence-electron chi connectivity index (χ0n) is 8.79. The second-order valence-electron chi connectivity index (χ2n) is 3.05. The van der Waals surface area contributed by atoms with Gasteiger partial charge < -0.3 is 14.9 Å². The van der Waals surface area contributed by atoms with E-state index in [1.807, 2.05) is 0 Å². The lowest BCUT2D eigenvalue weighted by molar-refractivity contribution is -0.135. The Bertz CT molecular complexity index is 517. The first-order chi connectivity index (χ1) is 8.40. The summed E-state index contributed by atoms with van der Waals surface area (Å²) in [4.78, 5) is 31.9. The zero-order chi connectivity index (χ0) is 13.7.